The Hall–Kier alpha value is -2.15. The molecule has 0 unspecified atom stereocenters. The highest BCUT2D eigenvalue weighted by atomic mass is 35.5. The highest BCUT2D eigenvalue weighted by molar-refractivity contribution is 7.92. The van der Waals surface area contributed by atoms with Gasteiger partial charge >= 0.3 is 0 Å². The molecule has 2 fully saturated rings. The standard InChI is InChI=1S/C25H27Cl3N4O5S2/c26-17-11-16(12-18(27)13-17)24(34)29-14-19-3-1-9-32(19)23(33)15-31-8-2-4-21(25(31)35)30-39(36,37)10-7-20-5-6-22(28)38-20/h5-7,10-13,19,21,30H,1-4,8-9,14-15H2,(H,29,34)/t19-,21-/m0/s1. The van der Waals surface area contributed by atoms with Crippen LogP contribution >= 0.6 is 46.1 Å². The van der Waals surface area contributed by atoms with Gasteiger partial charge in [0.1, 0.15) is 6.04 Å². The third kappa shape index (κ3) is 8.18. The summed E-state index contributed by atoms with van der Waals surface area (Å²) in [6.07, 6.45) is 3.79. The van der Waals surface area contributed by atoms with E-state index in [0.29, 0.717) is 57.2 Å². The Kier molecular flexibility index (Phi) is 9.95. The van der Waals surface area contributed by atoms with Crippen LogP contribution in [0.5, 0.6) is 0 Å². The van der Waals surface area contributed by atoms with Crippen LogP contribution in [0.4, 0.5) is 0 Å². The van der Waals surface area contributed by atoms with E-state index < -0.39 is 22.0 Å². The van der Waals surface area contributed by atoms with Gasteiger partial charge in [-0.25, -0.2) is 8.42 Å². The predicted octanol–water partition coefficient (Wildman–Crippen LogP) is 4.01. The smallest absolute Gasteiger partial charge is 0.251 e. The minimum atomic E-state index is -3.89. The second kappa shape index (κ2) is 13.0. The largest absolute Gasteiger partial charge is 0.350 e. The molecular weight excluding hydrogens is 607 g/mol. The summed E-state index contributed by atoms with van der Waals surface area (Å²) >= 11 is 19.1. The number of amides is 3. The summed E-state index contributed by atoms with van der Waals surface area (Å²) in [5, 5.41) is 4.53. The molecule has 0 saturated carbocycles. The number of sulfonamides is 1. The summed E-state index contributed by atoms with van der Waals surface area (Å²) in [4.78, 5) is 42.5. The number of nitrogens with zero attached hydrogens (tertiary/aromatic N) is 2. The molecule has 2 saturated heterocycles. The van der Waals surface area contributed by atoms with E-state index in [0.717, 1.165) is 11.8 Å². The fraction of sp³-hybridized carbons (Fsp3) is 0.400. The first kappa shape index (κ1) is 29.8. The molecule has 2 atom stereocenters. The topological polar surface area (TPSA) is 116 Å². The van der Waals surface area contributed by atoms with Crippen LogP contribution in [-0.2, 0) is 19.6 Å². The first-order valence-electron chi connectivity index (χ1n) is 12.3. The Morgan fingerprint density at radius 1 is 1.05 bits per heavy atom. The minimum Gasteiger partial charge on any atom is -0.350 e. The maximum Gasteiger partial charge on any atom is 0.251 e. The Morgan fingerprint density at radius 2 is 1.77 bits per heavy atom. The van der Waals surface area contributed by atoms with Gasteiger partial charge in [-0.15, -0.1) is 11.3 Å². The molecule has 2 aliphatic heterocycles. The Bertz CT molecular complexity index is 1360. The molecule has 2 aliphatic rings. The first-order valence-corrected chi connectivity index (χ1v) is 15.8. The van der Waals surface area contributed by atoms with Crippen LogP contribution in [0.25, 0.3) is 6.08 Å². The third-order valence-corrected chi connectivity index (χ3v) is 9.23. The van der Waals surface area contributed by atoms with Crippen molar-refractivity contribution in [1.29, 1.82) is 0 Å². The molecule has 1 aromatic heterocycles. The first-order chi connectivity index (χ1) is 18.5. The quantitative estimate of drug-likeness (QED) is 0.433. The average molecular weight is 634 g/mol. The fourth-order valence-electron chi connectivity index (χ4n) is 4.65. The zero-order chi connectivity index (χ0) is 28.2. The lowest BCUT2D eigenvalue weighted by Gasteiger charge is -2.34. The van der Waals surface area contributed by atoms with Gasteiger partial charge in [-0.2, -0.15) is 4.72 Å². The molecular formula is C25H27Cl3N4O5S2. The molecule has 2 aromatic rings. The summed E-state index contributed by atoms with van der Waals surface area (Å²) in [6.45, 7) is 0.955. The normalized spacial score (nSPS) is 20.1. The van der Waals surface area contributed by atoms with Gasteiger partial charge in [0.2, 0.25) is 21.8 Å². The van der Waals surface area contributed by atoms with Crippen LogP contribution in [0.3, 0.4) is 0 Å². The molecule has 210 valence electrons. The van der Waals surface area contributed by atoms with Crippen molar-refractivity contribution in [2.45, 2.75) is 37.8 Å². The number of halogens is 3. The summed E-state index contributed by atoms with van der Waals surface area (Å²) in [6, 6.07) is 6.75. The highest BCUT2D eigenvalue weighted by Gasteiger charge is 2.35. The van der Waals surface area contributed by atoms with Gasteiger partial charge < -0.3 is 15.1 Å². The summed E-state index contributed by atoms with van der Waals surface area (Å²) in [7, 11) is -3.89. The van der Waals surface area contributed by atoms with E-state index in [2.05, 4.69) is 10.0 Å². The number of hydrogen-bond donors (Lipinski definition) is 2. The number of piperidine rings is 1. The Labute approximate surface area is 246 Å². The molecule has 9 nitrogen and oxygen atoms in total. The highest BCUT2D eigenvalue weighted by Crippen LogP contribution is 2.23. The molecule has 39 heavy (non-hydrogen) atoms. The van der Waals surface area contributed by atoms with Gasteiger partial charge in [0.25, 0.3) is 5.91 Å². The molecule has 14 heteroatoms. The lowest BCUT2D eigenvalue weighted by molar-refractivity contribution is -0.143. The number of carbonyl (C=O) groups excluding carboxylic acids is 3. The molecule has 3 amide bonds. The second-order valence-electron chi connectivity index (χ2n) is 9.31. The van der Waals surface area contributed by atoms with Gasteiger partial charge in [0, 0.05) is 51.6 Å². The van der Waals surface area contributed by atoms with Crippen LogP contribution in [-0.4, -0.2) is 74.2 Å². The number of thiophene rings is 1. The van der Waals surface area contributed by atoms with E-state index in [4.69, 9.17) is 34.8 Å². The molecule has 1 aromatic carbocycles. The number of benzene rings is 1. The van der Waals surface area contributed by atoms with Crippen molar-refractivity contribution in [2.24, 2.45) is 0 Å². The van der Waals surface area contributed by atoms with Crippen molar-refractivity contribution in [3.05, 3.63) is 60.6 Å². The van der Waals surface area contributed by atoms with Crippen molar-refractivity contribution < 1.29 is 22.8 Å². The second-order valence-corrected chi connectivity index (χ2v) is 13.5. The number of hydrogen-bond acceptors (Lipinski definition) is 6. The van der Waals surface area contributed by atoms with E-state index in [1.807, 2.05) is 0 Å². The molecule has 4 rings (SSSR count). The number of likely N-dealkylation sites (tertiary alicyclic amines) is 2. The van der Waals surface area contributed by atoms with Crippen molar-refractivity contribution in [1.82, 2.24) is 19.8 Å². The molecule has 0 bridgehead atoms. The summed E-state index contributed by atoms with van der Waals surface area (Å²) < 4.78 is 28.1. The van der Waals surface area contributed by atoms with Crippen LogP contribution in [0.2, 0.25) is 14.4 Å². The monoisotopic (exact) mass is 632 g/mol. The Morgan fingerprint density at radius 3 is 2.46 bits per heavy atom. The van der Waals surface area contributed by atoms with Crippen LogP contribution < -0.4 is 10.0 Å². The summed E-state index contributed by atoms with van der Waals surface area (Å²) in [5.41, 5.74) is 0.324. The van der Waals surface area contributed by atoms with Gasteiger partial charge in [0.05, 0.1) is 10.9 Å². The van der Waals surface area contributed by atoms with E-state index in [1.165, 1.54) is 40.5 Å². The van der Waals surface area contributed by atoms with Crippen molar-refractivity contribution in [2.75, 3.05) is 26.2 Å². The van der Waals surface area contributed by atoms with Crippen molar-refractivity contribution in [3.8, 4) is 0 Å². The Balaban J connectivity index is 1.31. The third-order valence-electron chi connectivity index (χ3n) is 6.49. The van der Waals surface area contributed by atoms with E-state index in [-0.39, 0.29) is 30.9 Å². The zero-order valence-corrected chi connectivity index (χ0v) is 24.6. The maximum atomic E-state index is 13.2. The number of nitrogens with one attached hydrogen (secondary N) is 2. The lowest BCUT2D eigenvalue weighted by Crippen LogP contribution is -2.55. The van der Waals surface area contributed by atoms with Gasteiger partial charge in [-0.05, 0) is 62.1 Å². The van der Waals surface area contributed by atoms with Gasteiger partial charge in [0.15, 0.2) is 0 Å². The van der Waals surface area contributed by atoms with Crippen LogP contribution in [0.15, 0.2) is 35.7 Å². The fourth-order valence-corrected chi connectivity index (χ4v) is 7.24. The molecule has 0 radical (unpaired) electrons. The SMILES string of the molecule is O=C(NC[C@@H]1CCCN1C(=O)CN1CCC[C@H](NS(=O)(=O)C=Cc2ccc(Cl)s2)C1=O)c1cc(Cl)cc(Cl)c1. The molecule has 3 heterocycles. The van der Waals surface area contributed by atoms with Crippen molar-refractivity contribution in [3.63, 3.8) is 0 Å². The van der Waals surface area contributed by atoms with E-state index >= 15 is 0 Å². The minimum absolute atomic E-state index is 0.158. The predicted molar refractivity (Wildman–Crippen MR) is 154 cm³/mol. The van der Waals surface area contributed by atoms with Crippen LogP contribution in [0.1, 0.15) is 40.9 Å². The van der Waals surface area contributed by atoms with Gasteiger partial charge in [-0.1, -0.05) is 34.8 Å². The molecule has 0 aliphatic carbocycles. The number of rotatable bonds is 9. The summed E-state index contributed by atoms with van der Waals surface area (Å²) in [5.74, 6) is -1.03. The van der Waals surface area contributed by atoms with E-state index in [1.54, 1.807) is 17.0 Å². The van der Waals surface area contributed by atoms with Crippen molar-refractivity contribution >= 4 is 80.0 Å². The molecule has 0 spiro atoms. The van der Waals surface area contributed by atoms with Crippen LogP contribution in [0, 0.1) is 0 Å². The number of carbonyl (C=O) groups is 3. The molecule has 2 N–H and O–H groups in total. The lowest BCUT2D eigenvalue weighted by atomic mass is 10.1. The maximum absolute atomic E-state index is 13.2. The zero-order valence-electron chi connectivity index (χ0n) is 20.7. The average Bonchev–Trinajstić information content (AvgIpc) is 3.52. The van der Waals surface area contributed by atoms with E-state index in [9.17, 15) is 22.8 Å². The van der Waals surface area contributed by atoms with Gasteiger partial charge in [-0.3, -0.25) is 14.4 Å².